The van der Waals surface area contributed by atoms with Crippen LogP contribution < -0.4 is 4.89 Å². The molecule has 0 radical (unpaired) electrons. The Kier molecular flexibility index (Phi) is 6.84. The number of benzene rings is 1. The average Bonchev–Trinajstić information content (AvgIpc) is 2.44. The summed E-state index contributed by atoms with van der Waals surface area (Å²) in [6, 6.07) is 5.68. The van der Waals surface area contributed by atoms with Gasteiger partial charge in [0, 0.05) is 5.02 Å². The Balaban J connectivity index is 3.20. The van der Waals surface area contributed by atoms with Gasteiger partial charge in [0.1, 0.15) is 5.60 Å². The predicted octanol–water partition coefficient (Wildman–Crippen LogP) is 3.15. The molecule has 1 rings (SSSR count). The largest absolute Gasteiger partial charge is 0.459 e. The SMILES string of the molecule is CC(C)(C)OC(=O)C(c1ccc(Cl)cc1)S(=O)(=O)NOC(=O)C(C)(C)C. The number of carbonyl (C=O) groups excluding carboxylic acids is 2. The van der Waals surface area contributed by atoms with Gasteiger partial charge < -0.3 is 9.57 Å². The average molecular weight is 406 g/mol. The molecule has 0 aromatic heterocycles. The number of sulfonamides is 1. The number of rotatable bonds is 5. The molecule has 26 heavy (non-hydrogen) atoms. The Morgan fingerprint density at radius 1 is 1.04 bits per heavy atom. The summed E-state index contributed by atoms with van der Waals surface area (Å²) >= 11 is 5.82. The molecular formula is C17H24ClNO6S. The highest BCUT2D eigenvalue weighted by Gasteiger charge is 2.39. The first-order valence-electron chi connectivity index (χ1n) is 7.84. The van der Waals surface area contributed by atoms with E-state index in [0.29, 0.717) is 5.02 Å². The number of hydrogen-bond donors (Lipinski definition) is 1. The second kappa shape index (κ2) is 7.94. The number of halogens is 1. The third kappa shape index (κ3) is 6.59. The lowest BCUT2D eigenvalue weighted by atomic mass is 9.98. The van der Waals surface area contributed by atoms with Crippen LogP contribution in [0, 0.1) is 5.41 Å². The zero-order valence-corrected chi connectivity index (χ0v) is 17.2. The van der Waals surface area contributed by atoms with Gasteiger partial charge in [-0.25, -0.2) is 13.2 Å². The Labute approximate surface area is 159 Å². The molecule has 7 nitrogen and oxygen atoms in total. The molecule has 0 fully saturated rings. The molecule has 0 aliphatic rings. The van der Waals surface area contributed by atoms with Crippen molar-refractivity contribution >= 4 is 33.6 Å². The van der Waals surface area contributed by atoms with E-state index in [9.17, 15) is 18.0 Å². The highest BCUT2D eigenvalue weighted by Crippen LogP contribution is 2.27. The van der Waals surface area contributed by atoms with E-state index in [1.807, 2.05) is 0 Å². The monoisotopic (exact) mass is 405 g/mol. The van der Waals surface area contributed by atoms with Gasteiger partial charge in [-0.1, -0.05) is 23.7 Å². The molecule has 0 aliphatic carbocycles. The van der Waals surface area contributed by atoms with E-state index >= 15 is 0 Å². The Bertz CT molecular complexity index is 760. The summed E-state index contributed by atoms with van der Waals surface area (Å²) in [4.78, 5) is 30.7. The van der Waals surface area contributed by atoms with E-state index in [2.05, 4.69) is 4.84 Å². The van der Waals surface area contributed by atoms with Crippen molar-refractivity contribution in [2.75, 3.05) is 0 Å². The zero-order valence-electron chi connectivity index (χ0n) is 15.6. The van der Waals surface area contributed by atoms with Gasteiger partial charge in [0.2, 0.25) is 5.25 Å². The third-order valence-electron chi connectivity index (χ3n) is 2.97. The third-order valence-corrected chi connectivity index (χ3v) is 4.62. The van der Waals surface area contributed by atoms with Crippen LogP contribution in [0.2, 0.25) is 5.02 Å². The van der Waals surface area contributed by atoms with Gasteiger partial charge in [0.05, 0.1) is 5.41 Å². The second-order valence-corrected chi connectivity index (χ2v) is 9.90. The van der Waals surface area contributed by atoms with Gasteiger partial charge in [-0.15, -0.1) is 0 Å². The minimum atomic E-state index is -4.43. The Morgan fingerprint density at radius 3 is 1.96 bits per heavy atom. The van der Waals surface area contributed by atoms with Crippen LogP contribution in [0.1, 0.15) is 52.4 Å². The van der Waals surface area contributed by atoms with Crippen molar-refractivity contribution in [1.82, 2.24) is 4.89 Å². The van der Waals surface area contributed by atoms with Crippen LogP contribution in [0.3, 0.4) is 0 Å². The quantitative estimate of drug-likeness (QED) is 0.596. The summed E-state index contributed by atoms with van der Waals surface area (Å²) in [7, 11) is -4.43. The van der Waals surface area contributed by atoms with Crippen LogP contribution in [-0.2, 0) is 29.2 Å². The molecule has 0 amide bonds. The van der Waals surface area contributed by atoms with Crippen LogP contribution >= 0.6 is 11.6 Å². The van der Waals surface area contributed by atoms with E-state index in [-0.39, 0.29) is 5.56 Å². The Morgan fingerprint density at radius 2 is 1.54 bits per heavy atom. The molecule has 1 aromatic carbocycles. The molecule has 1 unspecified atom stereocenters. The van der Waals surface area contributed by atoms with Crippen molar-refractivity contribution in [2.24, 2.45) is 5.41 Å². The Hall–Kier alpha value is -1.64. The summed E-state index contributed by atoms with van der Waals surface area (Å²) in [5.41, 5.74) is -1.70. The van der Waals surface area contributed by atoms with Gasteiger partial charge in [-0.3, -0.25) is 4.79 Å². The lowest BCUT2D eigenvalue weighted by Gasteiger charge is -2.24. The first-order chi connectivity index (χ1) is 11.6. The maximum Gasteiger partial charge on any atom is 0.331 e. The first kappa shape index (κ1) is 22.4. The number of esters is 1. The van der Waals surface area contributed by atoms with Crippen LogP contribution in [0.4, 0.5) is 0 Å². The fraction of sp³-hybridized carbons (Fsp3) is 0.529. The maximum absolute atomic E-state index is 12.7. The van der Waals surface area contributed by atoms with Gasteiger partial charge in [0.15, 0.2) is 0 Å². The van der Waals surface area contributed by atoms with Crippen LogP contribution in [0.25, 0.3) is 0 Å². The first-order valence-corrected chi connectivity index (χ1v) is 9.76. The second-order valence-electron chi connectivity index (χ2n) is 7.73. The van der Waals surface area contributed by atoms with Gasteiger partial charge in [-0.05, 0) is 64.1 Å². The lowest BCUT2D eigenvalue weighted by molar-refractivity contribution is -0.158. The maximum atomic E-state index is 12.7. The molecule has 0 saturated heterocycles. The van der Waals surface area contributed by atoms with Crippen molar-refractivity contribution in [1.29, 1.82) is 0 Å². The van der Waals surface area contributed by atoms with E-state index in [1.165, 1.54) is 24.3 Å². The number of hydrogen-bond acceptors (Lipinski definition) is 6. The van der Waals surface area contributed by atoms with Crippen molar-refractivity contribution in [2.45, 2.75) is 52.4 Å². The summed E-state index contributed by atoms with van der Waals surface area (Å²) in [6.45, 7) is 9.53. The minimum absolute atomic E-state index is 0.128. The molecule has 1 atom stereocenters. The normalized spacial score (nSPS) is 13.8. The van der Waals surface area contributed by atoms with E-state index in [1.54, 1.807) is 46.4 Å². The fourth-order valence-electron chi connectivity index (χ4n) is 1.73. The van der Waals surface area contributed by atoms with Crippen molar-refractivity contribution in [3.8, 4) is 0 Å². The van der Waals surface area contributed by atoms with Gasteiger partial charge >= 0.3 is 11.9 Å². The number of carbonyl (C=O) groups is 2. The number of nitrogens with one attached hydrogen (secondary N) is 1. The lowest BCUT2D eigenvalue weighted by Crippen LogP contribution is -2.40. The minimum Gasteiger partial charge on any atom is -0.459 e. The molecule has 0 spiro atoms. The molecule has 0 aliphatic heterocycles. The smallest absolute Gasteiger partial charge is 0.331 e. The molecule has 1 N–H and O–H groups in total. The molecule has 0 heterocycles. The van der Waals surface area contributed by atoms with Gasteiger partial charge in [-0.2, -0.15) is 0 Å². The molecule has 146 valence electrons. The predicted molar refractivity (Wildman–Crippen MR) is 97.6 cm³/mol. The zero-order chi connectivity index (χ0) is 20.3. The highest BCUT2D eigenvalue weighted by atomic mass is 35.5. The molecular weight excluding hydrogens is 382 g/mol. The summed E-state index contributed by atoms with van der Waals surface area (Å²) < 4.78 is 30.5. The highest BCUT2D eigenvalue weighted by molar-refractivity contribution is 7.90. The molecule has 1 aromatic rings. The molecule has 0 bridgehead atoms. The summed E-state index contributed by atoms with van der Waals surface area (Å²) in [5, 5.41) is -1.35. The standard InChI is InChI=1S/C17H24ClNO6S/c1-16(2,3)15(21)25-19-26(22,23)13(14(20)24-17(4,5)6)11-7-9-12(18)10-8-11/h7-10,13,19H,1-6H3. The summed E-state index contributed by atoms with van der Waals surface area (Å²) in [5.74, 6) is -1.79. The molecule has 9 heteroatoms. The van der Waals surface area contributed by atoms with Crippen molar-refractivity contribution < 1.29 is 27.6 Å². The van der Waals surface area contributed by atoms with Crippen molar-refractivity contribution in [3.63, 3.8) is 0 Å². The van der Waals surface area contributed by atoms with E-state index in [4.69, 9.17) is 16.3 Å². The fourth-order valence-corrected chi connectivity index (χ4v) is 2.96. The van der Waals surface area contributed by atoms with Crippen LogP contribution in [0.5, 0.6) is 0 Å². The topological polar surface area (TPSA) is 98.8 Å². The number of ether oxygens (including phenoxy) is 1. The summed E-state index contributed by atoms with van der Waals surface area (Å²) in [6.07, 6.45) is 0. The molecule has 0 saturated carbocycles. The van der Waals surface area contributed by atoms with E-state index < -0.39 is 38.2 Å². The van der Waals surface area contributed by atoms with E-state index in [0.717, 1.165) is 0 Å². The van der Waals surface area contributed by atoms with Crippen molar-refractivity contribution in [3.05, 3.63) is 34.9 Å². The van der Waals surface area contributed by atoms with Gasteiger partial charge in [0.25, 0.3) is 10.0 Å². The van der Waals surface area contributed by atoms with Crippen LogP contribution in [-0.4, -0.2) is 26.0 Å². The van der Waals surface area contributed by atoms with Crippen LogP contribution in [0.15, 0.2) is 24.3 Å².